The van der Waals surface area contributed by atoms with Crippen LogP contribution >= 0.6 is 0 Å². The third-order valence-electron chi connectivity index (χ3n) is 4.14. The summed E-state index contributed by atoms with van der Waals surface area (Å²) in [6, 6.07) is 21.1. The molecule has 1 amide bonds. The van der Waals surface area contributed by atoms with E-state index in [2.05, 4.69) is 20.5 Å². The third-order valence-corrected chi connectivity index (χ3v) is 4.14. The molecule has 0 spiro atoms. The van der Waals surface area contributed by atoms with Gasteiger partial charge in [-0.25, -0.2) is 0 Å². The summed E-state index contributed by atoms with van der Waals surface area (Å²) < 4.78 is 0. The maximum atomic E-state index is 12.1. The summed E-state index contributed by atoms with van der Waals surface area (Å²) in [6.45, 7) is 0.0145. The van der Waals surface area contributed by atoms with Crippen LogP contribution in [-0.2, 0) is 4.79 Å². The first kappa shape index (κ1) is 15.8. The van der Waals surface area contributed by atoms with Crippen molar-refractivity contribution in [2.75, 3.05) is 11.9 Å². The van der Waals surface area contributed by atoms with Gasteiger partial charge in [-0.05, 0) is 17.5 Å². The Bertz CT molecular complexity index is 1130. The van der Waals surface area contributed by atoms with Crippen molar-refractivity contribution in [3.63, 3.8) is 0 Å². The van der Waals surface area contributed by atoms with Crippen molar-refractivity contribution in [2.45, 2.75) is 0 Å². The molecular formula is C20H16N4O2. The van der Waals surface area contributed by atoms with Crippen molar-refractivity contribution in [1.29, 1.82) is 0 Å². The van der Waals surface area contributed by atoms with Crippen LogP contribution in [0.3, 0.4) is 0 Å². The van der Waals surface area contributed by atoms with Gasteiger partial charge in [0.05, 0.1) is 12.1 Å². The molecule has 0 saturated heterocycles. The number of aromatic amines is 1. The van der Waals surface area contributed by atoms with Gasteiger partial charge in [0.2, 0.25) is 5.88 Å². The van der Waals surface area contributed by atoms with Crippen molar-refractivity contribution >= 4 is 39.0 Å². The fourth-order valence-electron chi connectivity index (χ4n) is 2.91. The number of nitrogens with one attached hydrogen (secondary N) is 2. The van der Waals surface area contributed by atoms with Crippen LogP contribution in [-0.4, -0.2) is 22.5 Å². The van der Waals surface area contributed by atoms with Crippen LogP contribution in [0.1, 0.15) is 0 Å². The Hall–Kier alpha value is -3.67. The minimum Gasteiger partial charge on any atom is -0.493 e. The van der Waals surface area contributed by atoms with Crippen molar-refractivity contribution in [3.8, 4) is 5.88 Å². The van der Waals surface area contributed by atoms with Crippen LogP contribution in [0, 0.1) is 0 Å². The van der Waals surface area contributed by atoms with Gasteiger partial charge < -0.3 is 15.4 Å². The largest absolute Gasteiger partial charge is 0.493 e. The van der Waals surface area contributed by atoms with Gasteiger partial charge in [0.1, 0.15) is 0 Å². The third kappa shape index (κ3) is 3.00. The molecule has 26 heavy (non-hydrogen) atoms. The lowest BCUT2D eigenvalue weighted by Gasteiger charge is -2.07. The van der Waals surface area contributed by atoms with E-state index >= 15 is 0 Å². The highest BCUT2D eigenvalue weighted by Crippen LogP contribution is 2.35. The first-order valence-corrected chi connectivity index (χ1v) is 8.18. The van der Waals surface area contributed by atoms with E-state index in [0.717, 1.165) is 22.0 Å². The van der Waals surface area contributed by atoms with E-state index in [1.165, 1.54) is 0 Å². The van der Waals surface area contributed by atoms with Crippen LogP contribution in [0.25, 0.3) is 21.7 Å². The molecule has 0 aliphatic rings. The minimum absolute atomic E-state index is 0.0145. The second kappa shape index (κ2) is 6.68. The number of azo groups is 1. The van der Waals surface area contributed by atoms with Gasteiger partial charge >= 0.3 is 0 Å². The molecule has 1 aromatic heterocycles. The van der Waals surface area contributed by atoms with E-state index in [1.807, 2.05) is 60.7 Å². The zero-order valence-corrected chi connectivity index (χ0v) is 13.8. The number of nitrogens with zero attached hydrogens (tertiary/aromatic N) is 2. The number of anilines is 1. The van der Waals surface area contributed by atoms with E-state index in [0.29, 0.717) is 5.39 Å². The van der Waals surface area contributed by atoms with Gasteiger partial charge in [0, 0.05) is 16.5 Å². The molecule has 6 nitrogen and oxygen atoms in total. The molecule has 0 saturated carbocycles. The Labute approximate surface area is 149 Å². The summed E-state index contributed by atoms with van der Waals surface area (Å²) >= 11 is 0. The highest BCUT2D eigenvalue weighted by molar-refractivity contribution is 5.96. The number of carbonyl (C=O) groups is 1. The van der Waals surface area contributed by atoms with Gasteiger partial charge in [-0.2, -0.15) is 0 Å². The Balaban J connectivity index is 1.50. The van der Waals surface area contributed by atoms with Crippen LogP contribution in [0.5, 0.6) is 5.88 Å². The number of fused-ring (bicyclic) bond motifs is 2. The molecule has 6 heteroatoms. The molecular weight excluding hydrogens is 328 g/mol. The Morgan fingerprint density at radius 1 is 0.962 bits per heavy atom. The molecule has 3 aromatic carbocycles. The molecule has 0 unspecified atom stereocenters. The van der Waals surface area contributed by atoms with Crippen molar-refractivity contribution < 1.29 is 9.90 Å². The first-order chi connectivity index (χ1) is 12.7. The molecule has 4 rings (SSSR count). The van der Waals surface area contributed by atoms with Crippen molar-refractivity contribution in [2.24, 2.45) is 10.2 Å². The standard InChI is InChI=1S/C20H16N4O2/c25-18(12-21-16-11-5-7-13-6-1-2-8-14(13)16)23-24-19-15-9-3-4-10-17(15)22-20(19)26/h1-11,21-22,26H,12H2. The number of rotatable bonds is 4. The number of benzene rings is 3. The summed E-state index contributed by atoms with van der Waals surface area (Å²) in [4.78, 5) is 14.9. The quantitative estimate of drug-likeness (QED) is 0.467. The van der Waals surface area contributed by atoms with Gasteiger partial charge in [0.15, 0.2) is 5.69 Å². The molecule has 3 N–H and O–H groups in total. The molecule has 0 atom stereocenters. The fourth-order valence-corrected chi connectivity index (χ4v) is 2.91. The van der Waals surface area contributed by atoms with E-state index in [1.54, 1.807) is 6.07 Å². The van der Waals surface area contributed by atoms with E-state index in [4.69, 9.17) is 0 Å². The van der Waals surface area contributed by atoms with Crippen LogP contribution in [0.4, 0.5) is 11.4 Å². The summed E-state index contributed by atoms with van der Waals surface area (Å²) in [5.74, 6) is -0.535. The zero-order chi connectivity index (χ0) is 17.9. The lowest BCUT2D eigenvalue weighted by atomic mass is 10.1. The van der Waals surface area contributed by atoms with Gasteiger partial charge in [-0.3, -0.25) is 4.79 Å². The average Bonchev–Trinajstić information content (AvgIpc) is 2.99. The molecule has 4 aromatic rings. The average molecular weight is 344 g/mol. The predicted molar refractivity (Wildman–Crippen MR) is 102 cm³/mol. The molecule has 128 valence electrons. The Morgan fingerprint density at radius 3 is 2.58 bits per heavy atom. The lowest BCUT2D eigenvalue weighted by Crippen LogP contribution is -2.11. The monoisotopic (exact) mass is 344 g/mol. The zero-order valence-electron chi connectivity index (χ0n) is 13.8. The number of aromatic hydroxyl groups is 1. The van der Waals surface area contributed by atoms with E-state index in [9.17, 15) is 9.90 Å². The lowest BCUT2D eigenvalue weighted by molar-refractivity contribution is -0.116. The van der Waals surface area contributed by atoms with Crippen LogP contribution in [0.2, 0.25) is 0 Å². The van der Waals surface area contributed by atoms with Gasteiger partial charge in [-0.15, -0.1) is 10.2 Å². The number of para-hydroxylation sites is 1. The number of H-pyrrole nitrogens is 1. The van der Waals surface area contributed by atoms with Gasteiger partial charge in [0.25, 0.3) is 5.91 Å². The molecule has 0 bridgehead atoms. The fraction of sp³-hybridized carbons (Fsp3) is 0.0500. The smallest absolute Gasteiger partial charge is 0.283 e. The van der Waals surface area contributed by atoms with Crippen LogP contribution < -0.4 is 5.32 Å². The second-order valence-electron chi connectivity index (χ2n) is 5.84. The summed E-state index contributed by atoms with van der Waals surface area (Å²) in [5.41, 5.74) is 1.86. The highest BCUT2D eigenvalue weighted by atomic mass is 16.3. The Morgan fingerprint density at radius 2 is 1.69 bits per heavy atom. The van der Waals surface area contributed by atoms with Gasteiger partial charge in [-0.1, -0.05) is 54.6 Å². The van der Waals surface area contributed by atoms with Crippen molar-refractivity contribution in [1.82, 2.24) is 4.98 Å². The number of carbonyl (C=O) groups excluding carboxylic acids is 1. The van der Waals surface area contributed by atoms with E-state index < -0.39 is 5.91 Å². The summed E-state index contributed by atoms with van der Waals surface area (Å²) in [6.07, 6.45) is 0. The first-order valence-electron chi connectivity index (χ1n) is 8.18. The second-order valence-corrected chi connectivity index (χ2v) is 5.84. The highest BCUT2D eigenvalue weighted by Gasteiger charge is 2.10. The molecule has 0 aliphatic heterocycles. The normalized spacial score (nSPS) is 11.4. The minimum atomic E-state index is -0.428. The number of amides is 1. The molecule has 0 radical (unpaired) electrons. The number of hydrogen-bond donors (Lipinski definition) is 3. The van der Waals surface area contributed by atoms with Crippen LogP contribution in [0.15, 0.2) is 77.0 Å². The summed E-state index contributed by atoms with van der Waals surface area (Å²) in [7, 11) is 0. The SMILES string of the molecule is O=C(CNc1cccc2ccccc12)N=Nc1c(O)[nH]c2ccccc12. The van der Waals surface area contributed by atoms with E-state index in [-0.39, 0.29) is 18.1 Å². The molecule has 0 fully saturated rings. The Kier molecular flexibility index (Phi) is 4.07. The molecule has 1 heterocycles. The maximum Gasteiger partial charge on any atom is 0.283 e. The van der Waals surface area contributed by atoms with Crippen molar-refractivity contribution in [3.05, 3.63) is 66.7 Å². The predicted octanol–water partition coefficient (Wildman–Crippen LogP) is 4.75. The number of aromatic nitrogens is 1. The summed E-state index contributed by atoms with van der Waals surface area (Å²) in [5, 5.41) is 23.5. The molecule has 0 aliphatic carbocycles. The maximum absolute atomic E-state index is 12.1. The topological polar surface area (TPSA) is 89.8 Å². The number of hydrogen-bond acceptors (Lipinski definition) is 4.